The minimum atomic E-state index is -1.18. The van der Waals surface area contributed by atoms with Gasteiger partial charge in [0.05, 0.1) is 10.7 Å². The van der Waals surface area contributed by atoms with E-state index < -0.39 is 12.0 Å². The summed E-state index contributed by atoms with van der Waals surface area (Å²) in [5, 5.41) is 14.3. The first kappa shape index (κ1) is 15.7. The Balaban J connectivity index is 2.64. The van der Waals surface area contributed by atoms with E-state index in [0.29, 0.717) is 6.54 Å². The summed E-state index contributed by atoms with van der Waals surface area (Å²) in [6, 6.07) is 4.10. The van der Waals surface area contributed by atoms with Crippen molar-refractivity contribution in [2.45, 2.75) is 6.42 Å². The first-order chi connectivity index (χ1) is 9.06. The van der Waals surface area contributed by atoms with Crippen LogP contribution in [-0.4, -0.2) is 35.7 Å². The molecule has 0 unspecified atom stereocenters. The van der Waals surface area contributed by atoms with Crippen molar-refractivity contribution in [1.82, 2.24) is 5.32 Å². The molecular formula is C12H15ClN2O3S. The number of carboxylic acids is 1. The first-order valence-electron chi connectivity index (χ1n) is 5.62. The van der Waals surface area contributed by atoms with Crippen LogP contribution in [0.5, 0.6) is 0 Å². The number of carboxylic acid groups (broad SMARTS) is 1. The highest BCUT2D eigenvalue weighted by Gasteiger charge is 2.15. The van der Waals surface area contributed by atoms with Gasteiger partial charge in [-0.1, -0.05) is 17.7 Å². The van der Waals surface area contributed by atoms with Crippen molar-refractivity contribution in [3.05, 3.63) is 28.8 Å². The Hall–Kier alpha value is -1.40. The number of nitrogens with one attached hydrogen (secondary N) is 2. The van der Waals surface area contributed by atoms with E-state index in [1.165, 1.54) is 12.1 Å². The number of hydrogen-bond acceptors (Lipinski definition) is 3. The minimum Gasteiger partial charge on any atom is -0.478 e. The molecule has 1 rings (SSSR count). The maximum atomic E-state index is 11.6. The molecule has 0 radical (unpaired) electrons. The Labute approximate surface area is 120 Å². The third kappa shape index (κ3) is 5.00. The van der Waals surface area contributed by atoms with Crippen LogP contribution in [-0.2, 0) is 0 Å². The molecule has 1 aromatic rings. The number of amides is 2. The molecule has 19 heavy (non-hydrogen) atoms. The molecule has 0 fully saturated rings. The molecule has 7 heteroatoms. The molecule has 0 aliphatic carbocycles. The molecule has 0 saturated heterocycles. The van der Waals surface area contributed by atoms with Gasteiger partial charge in [-0.2, -0.15) is 11.8 Å². The van der Waals surface area contributed by atoms with Crippen molar-refractivity contribution in [3.63, 3.8) is 0 Å². The van der Waals surface area contributed by atoms with Gasteiger partial charge >= 0.3 is 12.0 Å². The maximum Gasteiger partial charge on any atom is 0.339 e. The first-order valence-corrected chi connectivity index (χ1v) is 7.39. The summed E-state index contributed by atoms with van der Waals surface area (Å²) in [6.07, 6.45) is 2.85. The van der Waals surface area contributed by atoms with E-state index in [1.54, 1.807) is 17.8 Å². The van der Waals surface area contributed by atoms with Crippen LogP contribution in [0.15, 0.2) is 18.2 Å². The normalized spacial score (nSPS) is 10.0. The van der Waals surface area contributed by atoms with Crippen LogP contribution in [0.2, 0.25) is 5.02 Å². The monoisotopic (exact) mass is 302 g/mol. The van der Waals surface area contributed by atoms with Crippen molar-refractivity contribution in [2.24, 2.45) is 0 Å². The van der Waals surface area contributed by atoms with E-state index in [9.17, 15) is 9.59 Å². The molecule has 0 bridgehead atoms. The molecule has 104 valence electrons. The smallest absolute Gasteiger partial charge is 0.339 e. The quantitative estimate of drug-likeness (QED) is 0.706. The average Bonchev–Trinajstić information content (AvgIpc) is 2.34. The zero-order valence-corrected chi connectivity index (χ0v) is 12.0. The molecule has 1 aromatic carbocycles. The molecule has 0 aromatic heterocycles. The topological polar surface area (TPSA) is 78.4 Å². The van der Waals surface area contributed by atoms with Gasteiger partial charge in [-0.25, -0.2) is 9.59 Å². The number of thioether (sulfide) groups is 1. The summed E-state index contributed by atoms with van der Waals surface area (Å²) < 4.78 is 0. The number of aromatic carboxylic acids is 1. The standard InChI is InChI=1S/C12H15ClN2O3S/c1-19-7-3-6-14-12(18)15-9-5-2-4-8(13)10(9)11(16)17/h2,4-5H,3,6-7H2,1H3,(H,16,17)(H2,14,15,18). The predicted octanol–water partition coefficient (Wildman–Crippen LogP) is 2.91. The molecule has 0 saturated carbocycles. The van der Waals surface area contributed by atoms with Gasteiger partial charge < -0.3 is 15.7 Å². The summed E-state index contributed by atoms with van der Waals surface area (Å²) >= 11 is 7.50. The molecule has 3 N–H and O–H groups in total. The fourth-order valence-electron chi connectivity index (χ4n) is 1.43. The van der Waals surface area contributed by atoms with Gasteiger partial charge in [0.1, 0.15) is 5.56 Å². The third-order valence-corrected chi connectivity index (χ3v) is 3.30. The van der Waals surface area contributed by atoms with E-state index in [1.807, 2.05) is 6.26 Å². The van der Waals surface area contributed by atoms with Gasteiger partial charge in [0.2, 0.25) is 0 Å². The van der Waals surface area contributed by atoms with Gasteiger partial charge in [-0.15, -0.1) is 0 Å². The summed E-state index contributed by atoms with van der Waals surface area (Å²) in [7, 11) is 0. The van der Waals surface area contributed by atoms with Crippen molar-refractivity contribution in [3.8, 4) is 0 Å². The lowest BCUT2D eigenvalue weighted by molar-refractivity contribution is 0.0698. The highest BCUT2D eigenvalue weighted by atomic mass is 35.5. The number of carbonyl (C=O) groups excluding carboxylic acids is 1. The fourth-order valence-corrected chi connectivity index (χ4v) is 2.12. The number of rotatable bonds is 6. The lowest BCUT2D eigenvalue weighted by atomic mass is 10.2. The number of halogens is 1. The summed E-state index contributed by atoms with van der Waals surface area (Å²) in [5.74, 6) is -0.221. The predicted molar refractivity (Wildman–Crippen MR) is 78.4 cm³/mol. The van der Waals surface area contributed by atoms with E-state index in [0.717, 1.165) is 12.2 Å². The van der Waals surface area contributed by atoms with Crippen LogP contribution in [0.3, 0.4) is 0 Å². The molecule has 5 nitrogen and oxygen atoms in total. The highest BCUT2D eigenvalue weighted by molar-refractivity contribution is 7.98. The summed E-state index contributed by atoms with van der Waals surface area (Å²) in [4.78, 5) is 22.7. The number of anilines is 1. The second-order valence-electron chi connectivity index (χ2n) is 3.69. The van der Waals surface area contributed by atoms with Crippen LogP contribution in [0.1, 0.15) is 16.8 Å². The minimum absolute atomic E-state index is 0.0904. The van der Waals surface area contributed by atoms with Gasteiger partial charge in [-0.3, -0.25) is 0 Å². The molecule has 0 aliphatic rings. The van der Waals surface area contributed by atoms with Gasteiger partial charge in [0.15, 0.2) is 0 Å². The molecule has 0 heterocycles. The molecule has 0 aliphatic heterocycles. The molecule has 2 amide bonds. The van der Waals surface area contributed by atoms with E-state index >= 15 is 0 Å². The lowest BCUT2D eigenvalue weighted by Gasteiger charge is -2.10. The molecule has 0 atom stereocenters. The van der Waals surface area contributed by atoms with Crippen LogP contribution < -0.4 is 10.6 Å². The number of carbonyl (C=O) groups is 2. The second kappa shape index (κ2) is 7.91. The van der Waals surface area contributed by atoms with E-state index in [-0.39, 0.29) is 16.3 Å². The Kier molecular flexibility index (Phi) is 6.52. The summed E-state index contributed by atoms with van der Waals surface area (Å²) in [6.45, 7) is 0.537. The van der Waals surface area contributed by atoms with Crippen LogP contribution >= 0.6 is 23.4 Å². The van der Waals surface area contributed by atoms with E-state index in [2.05, 4.69) is 10.6 Å². The van der Waals surface area contributed by atoms with Crippen molar-refractivity contribution in [1.29, 1.82) is 0 Å². The Bertz CT molecular complexity index is 468. The number of hydrogen-bond donors (Lipinski definition) is 3. The van der Waals surface area contributed by atoms with Crippen molar-refractivity contribution < 1.29 is 14.7 Å². The maximum absolute atomic E-state index is 11.6. The SMILES string of the molecule is CSCCCNC(=O)Nc1cccc(Cl)c1C(=O)O. The van der Waals surface area contributed by atoms with Crippen molar-refractivity contribution in [2.75, 3.05) is 23.9 Å². The number of benzene rings is 1. The number of urea groups is 1. The molecular weight excluding hydrogens is 288 g/mol. The fraction of sp³-hybridized carbons (Fsp3) is 0.333. The van der Waals surface area contributed by atoms with Crippen LogP contribution in [0, 0.1) is 0 Å². The Morgan fingerprint density at radius 2 is 2.16 bits per heavy atom. The third-order valence-electron chi connectivity index (χ3n) is 2.29. The zero-order valence-electron chi connectivity index (χ0n) is 10.4. The zero-order chi connectivity index (χ0) is 14.3. The summed E-state index contributed by atoms with van der Waals surface area (Å²) in [5.41, 5.74) is 0.0748. The van der Waals surface area contributed by atoms with Gasteiger partial charge in [-0.05, 0) is 30.6 Å². The van der Waals surface area contributed by atoms with Gasteiger partial charge in [0, 0.05) is 6.54 Å². The van der Waals surface area contributed by atoms with Gasteiger partial charge in [0.25, 0.3) is 0 Å². The Morgan fingerprint density at radius 1 is 1.42 bits per heavy atom. The Morgan fingerprint density at radius 3 is 2.79 bits per heavy atom. The molecule has 0 spiro atoms. The highest BCUT2D eigenvalue weighted by Crippen LogP contribution is 2.24. The largest absolute Gasteiger partial charge is 0.478 e. The van der Waals surface area contributed by atoms with Crippen LogP contribution in [0.25, 0.3) is 0 Å². The van der Waals surface area contributed by atoms with Crippen molar-refractivity contribution >= 4 is 41.1 Å². The lowest BCUT2D eigenvalue weighted by Crippen LogP contribution is -2.30. The average molecular weight is 303 g/mol. The van der Waals surface area contributed by atoms with E-state index in [4.69, 9.17) is 16.7 Å². The van der Waals surface area contributed by atoms with Crippen LogP contribution in [0.4, 0.5) is 10.5 Å². The second-order valence-corrected chi connectivity index (χ2v) is 5.09.